The molecule has 0 bridgehead atoms. The van der Waals surface area contributed by atoms with Crippen molar-refractivity contribution in [3.8, 4) is 0 Å². The fourth-order valence-corrected chi connectivity index (χ4v) is 7.64. The number of hydrogen-bond acceptors (Lipinski definition) is 0. The number of rotatable bonds is 0. The molecule has 0 unspecified atom stereocenters. The fourth-order valence-electron chi connectivity index (χ4n) is 7.64. The number of benzene rings is 7. The Hall–Kier alpha value is -5.46. The molecule has 7 aromatic carbocycles. The quantitative estimate of drug-likeness (QED) is 0.142. The smallest absolute Gasteiger partial charge is 0.0392 e. The highest BCUT2D eigenvalue weighted by molar-refractivity contribution is 5.42. The third kappa shape index (κ3) is 18.4. The summed E-state index contributed by atoms with van der Waals surface area (Å²) < 4.78 is 0. The Kier molecular flexibility index (Phi) is 25.9. The largest absolute Gasteiger partial charge is 0.0588 e. The molecule has 0 saturated heterocycles. The molecule has 7 rings (SSSR count). The van der Waals surface area contributed by atoms with Crippen LogP contribution in [0.5, 0.6) is 0 Å². The summed E-state index contributed by atoms with van der Waals surface area (Å²) in [5.74, 6) is 0. The van der Waals surface area contributed by atoms with Crippen LogP contribution in [0.25, 0.3) is 0 Å². The molecule has 0 radical (unpaired) electrons. The normalized spacial score (nSPS) is 10.0. The zero-order valence-electron chi connectivity index (χ0n) is 50.1. The Balaban J connectivity index is 0.000000408. The van der Waals surface area contributed by atoms with E-state index < -0.39 is 0 Å². The van der Waals surface area contributed by atoms with Crippen LogP contribution in [0, 0.1) is 194 Å². The Labute approximate surface area is 432 Å². The molecule has 0 aliphatic rings. The van der Waals surface area contributed by atoms with Crippen molar-refractivity contribution in [1.29, 1.82) is 0 Å². The van der Waals surface area contributed by atoms with Gasteiger partial charge >= 0.3 is 0 Å². The van der Waals surface area contributed by atoms with Gasteiger partial charge in [0.2, 0.25) is 0 Å². The third-order valence-electron chi connectivity index (χ3n) is 16.3. The first-order chi connectivity index (χ1) is 32.4. The molecular formula is C70H98. The van der Waals surface area contributed by atoms with Gasteiger partial charge in [0, 0.05) is 0 Å². The van der Waals surface area contributed by atoms with E-state index in [4.69, 9.17) is 0 Å². The van der Waals surface area contributed by atoms with Crippen LogP contribution < -0.4 is 0 Å². The molecule has 0 aromatic heterocycles. The monoisotopic (exact) mass is 939 g/mol. The van der Waals surface area contributed by atoms with Crippen LogP contribution in [-0.2, 0) is 0 Å². The highest BCUT2D eigenvalue weighted by Gasteiger charge is 2.02. The van der Waals surface area contributed by atoms with Crippen molar-refractivity contribution in [3.63, 3.8) is 0 Å². The van der Waals surface area contributed by atoms with Gasteiger partial charge in [-0.15, -0.1) is 0 Å². The van der Waals surface area contributed by atoms with Gasteiger partial charge in [0.25, 0.3) is 0 Å². The molecule has 0 amide bonds. The van der Waals surface area contributed by atoms with Crippen molar-refractivity contribution in [2.24, 2.45) is 0 Å². The summed E-state index contributed by atoms with van der Waals surface area (Å²) in [6.45, 7) is 60.7. The molecule has 0 fully saturated rings. The van der Waals surface area contributed by atoms with Gasteiger partial charge in [-0.05, 0) is 350 Å². The highest BCUT2D eigenvalue weighted by atomic mass is 14.1. The van der Waals surface area contributed by atoms with E-state index in [1.807, 2.05) is 0 Å². The zero-order valence-corrected chi connectivity index (χ0v) is 50.1. The molecule has 0 atom stereocenters. The second-order valence-corrected chi connectivity index (χ2v) is 20.6. The number of hydrogen-bond donors (Lipinski definition) is 0. The fraction of sp³-hybridized carbons (Fsp3) is 0.400. The first kappa shape index (κ1) is 62.6. The van der Waals surface area contributed by atoms with E-state index in [1.54, 1.807) is 0 Å². The summed E-state index contributed by atoms with van der Waals surface area (Å²) >= 11 is 0. The highest BCUT2D eigenvalue weighted by Crippen LogP contribution is 2.20. The average molecular weight is 940 g/mol. The van der Waals surface area contributed by atoms with Crippen molar-refractivity contribution < 1.29 is 0 Å². The van der Waals surface area contributed by atoms with Crippen LogP contribution in [0.4, 0.5) is 0 Å². The molecule has 0 heteroatoms. The van der Waals surface area contributed by atoms with E-state index in [0.29, 0.717) is 0 Å². The first-order valence-corrected chi connectivity index (χ1v) is 25.6. The molecule has 0 heterocycles. The van der Waals surface area contributed by atoms with Gasteiger partial charge in [-0.2, -0.15) is 0 Å². The van der Waals surface area contributed by atoms with Crippen LogP contribution in [0.3, 0.4) is 0 Å². The molecule has 0 nitrogen and oxygen atoms in total. The van der Waals surface area contributed by atoms with E-state index in [-0.39, 0.29) is 0 Å². The summed E-state index contributed by atoms with van der Waals surface area (Å²) in [5.41, 5.74) is 39.5. The van der Waals surface area contributed by atoms with Crippen molar-refractivity contribution in [2.75, 3.05) is 0 Å². The molecule has 0 aliphatic carbocycles. The van der Waals surface area contributed by atoms with Gasteiger partial charge in [-0.25, -0.2) is 0 Å². The van der Waals surface area contributed by atoms with Gasteiger partial charge < -0.3 is 0 Å². The third-order valence-corrected chi connectivity index (χ3v) is 16.3. The molecule has 7 aromatic rings. The van der Waals surface area contributed by atoms with Crippen LogP contribution >= 0.6 is 0 Å². The van der Waals surface area contributed by atoms with Gasteiger partial charge in [0.1, 0.15) is 0 Å². The maximum absolute atomic E-state index is 2.18. The molecule has 378 valence electrons. The number of aryl methyl sites for hydroxylation is 14. The zero-order chi connectivity index (χ0) is 54.1. The van der Waals surface area contributed by atoms with Crippen LogP contribution in [0.2, 0.25) is 0 Å². The van der Waals surface area contributed by atoms with E-state index >= 15 is 0 Å². The molecular weight excluding hydrogens is 841 g/mol. The summed E-state index contributed by atoms with van der Waals surface area (Å²) in [4.78, 5) is 0. The van der Waals surface area contributed by atoms with Gasteiger partial charge in [-0.3, -0.25) is 0 Å². The minimum Gasteiger partial charge on any atom is -0.0588 e. The van der Waals surface area contributed by atoms with Crippen LogP contribution in [0.15, 0.2) is 84.9 Å². The standard InChI is InChI=1S/7C10H14/c7*1-7-5-6-8(2)10(4)9(7)3/h7*5-6H,1-4H3. The molecule has 0 spiro atoms. The van der Waals surface area contributed by atoms with Crippen molar-refractivity contribution in [1.82, 2.24) is 0 Å². The first-order valence-electron chi connectivity index (χ1n) is 25.6. The Bertz CT molecular complexity index is 2080. The van der Waals surface area contributed by atoms with E-state index in [0.717, 1.165) is 0 Å². The van der Waals surface area contributed by atoms with Gasteiger partial charge in [0.05, 0.1) is 0 Å². The van der Waals surface area contributed by atoms with E-state index in [9.17, 15) is 0 Å². The average Bonchev–Trinajstić information content (AvgIpc) is 3.34. The van der Waals surface area contributed by atoms with Gasteiger partial charge in [0.15, 0.2) is 0 Å². The summed E-state index contributed by atoms with van der Waals surface area (Å²) in [5, 5.41) is 0. The SMILES string of the molecule is Cc1ccc(C)c(C)c1C.Cc1ccc(C)c(C)c1C.Cc1ccc(C)c(C)c1C.Cc1ccc(C)c(C)c1C.Cc1ccc(C)c(C)c1C.Cc1ccc(C)c(C)c1C.Cc1ccc(C)c(C)c1C. The molecule has 0 aliphatic heterocycles. The topological polar surface area (TPSA) is 0 Å². The van der Waals surface area contributed by atoms with Crippen molar-refractivity contribution in [3.05, 3.63) is 241 Å². The van der Waals surface area contributed by atoms with Crippen molar-refractivity contribution >= 4 is 0 Å². The van der Waals surface area contributed by atoms with E-state index in [2.05, 4.69) is 279 Å². The minimum absolute atomic E-state index is 1.39. The Morgan fingerprint density at radius 3 is 0.186 bits per heavy atom. The van der Waals surface area contributed by atoms with Crippen LogP contribution in [-0.4, -0.2) is 0 Å². The lowest BCUT2D eigenvalue weighted by atomic mass is 10.0. The van der Waals surface area contributed by atoms with Gasteiger partial charge in [-0.1, -0.05) is 84.9 Å². The Morgan fingerprint density at radius 1 is 0.100 bits per heavy atom. The lowest BCUT2D eigenvalue weighted by Crippen LogP contribution is -1.88. The summed E-state index contributed by atoms with van der Waals surface area (Å²) in [7, 11) is 0. The molecule has 0 saturated carbocycles. The predicted molar refractivity (Wildman–Crippen MR) is 318 cm³/mol. The minimum atomic E-state index is 1.39. The molecule has 0 N–H and O–H groups in total. The maximum atomic E-state index is 2.18. The predicted octanol–water partition coefficient (Wildman–Crippen LogP) is 20.4. The van der Waals surface area contributed by atoms with Crippen LogP contribution in [0.1, 0.15) is 156 Å². The lowest BCUT2D eigenvalue weighted by Gasteiger charge is -2.06. The summed E-state index contributed by atoms with van der Waals surface area (Å²) in [6, 6.07) is 30.5. The van der Waals surface area contributed by atoms with E-state index in [1.165, 1.54) is 156 Å². The second kappa shape index (κ2) is 29.0. The maximum Gasteiger partial charge on any atom is -0.0392 e. The lowest BCUT2D eigenvalue weighted by molar-refractivity contribution is 1.22. The summed E-state index contributed by atoms with van der Waals surface area (Å²) in [6.07, 6.45) is 0. The van der Waals surface area contributed by atoms with Crippen molar-refractivity contribution in [2.45, 2.75) is 194 Å². The second-order valence-electron chi connectivity index (χ2n) is 20.6. The Morgan fingerprint density at radius 2 is 0.143 bits per heavy atom. The molecule has 70 heavy (non-hydrogen) atoms.